The van der Waals surface area contributed by atoms with E-state index in [0.29, 0.717) is 6.54 Å². The molecule has 3 aromatic carbocycles. The lowest BCUT2D eigenvalue weighted by atomic mass is 10.2. The summed E-state index contributed by atoms with van der Waals surface area (Å²) < 4.78 is 2.22. The third kappa shape index (κ3) is 2.97. The molecule has 0 radical (unpaired) electrons. The molecule has 0 bridgehead atoms. The summed E-state index contributed by atoms with van der Waals surface area (Å²) in [6.07, 6.45) is 1.85. The van der Waals surface area contributed by atoms with Crippen molar-refractivity contribution in [2.75, 3.05) is 0 Å². The Morgan fingerprint density at radius 3 is 2.04 bits per heavy atom. The van der Waals surface area contributed by atoms with E-state index in [1.165, 1.54) is 16.3 Å². The molecule has 0 spiro atoms. The van der Waals surface area contributed by atoms with E-state index in [9.17, 15) is 0 Å². The standard InChI is InChI=1S/C25H19N3/c1-2-9-19(10-3-1)17-26-18-20-11-8-16-25(27-20)28-23-14-6-4-12-21(23)22-13-5-7-15-24(22)28/h1-16,18H,17H2/b26-18+. The summed E-state index contributed by atoms with van der Waals surface area (Å²) in [4.78, 5) is 9.42. The molecule has 5 aromatic rings. The monoisotopic (exact) mass is 361 g/mol. The third-order valence-corrected chi connectivity index (χ3v) is 4.91. The van der Waals surface area contributed by atoms with E-state index in [0.717, 1.165) is 22.5 Å². The molecular formula is C25H19N3. The highest BCUT2D eigenvalue weighted by molar-refractivity contribution is 6.09. The van der Waals surface area contributed by atoms with Crippen LogP contribution in [0.15, 0.2) is 102 Å². The van der Waals surface area contributed by atoms with Gasteiger partial charge in [0, 0.05) is 17.0 Å². The number of hydrogen-bond acceptors (Lipinski definition) is 2. The average molecular weight is 361 g/mol. The van der Waals surface area contributed by atoms with Crippen molar-refractivity contribution in [1.29, 1.82) is 0 Å². The maximum absolute atomic E-state index is 4.86. The average Bonchev–Trinajstić information content (AvgIpc) is 3.09. The number of pyridine rings is 1. The molecule has 0 amide bonds. The zero-order valence-electron chi connectivity index (χ0n) is 15.4. The van der Waals surface area contributed by atoms with E-state index < -0.39 is 0 Å². The van der Waals surface area contributed by atoms with Crippen LogP contribution in [0.4, 0.5) is 0 Å². The molecule has 0 saturated carbocycles. The summed E-state index contributed by atoms with van der Waals surface area (Å²) >= 11 is 0. The fourth-order valence-electron chi connectivity index (χ4n) is 3.63. The molecule has 28 heavy (non-hydrogen) atoms. The number of fused-ring (bicyclic) bond motifs is 3. The summed E-state index contributed by atoms with van der Waals surface area (Å²) in [5.41, 5.74) is 4.37. The zero-order chi connectivity index (χ0) is 18.8. The van der Waals surface area contributed by atoms with Crippen molar-refractivity contribution in [3.8, 4) is 5.82 Å². The molecular weight excluding hydrogens is 342 g/mol. The topological polar surface area (TPSA) is 30.2 Å². The molecule has 0 N–H and O–H groups in total. The lowest BCUT2D eigenvalue weighted by Gasteiger charge is -2.07. The quantitative estimate of drug-likeness (QED) is 0.372. The van der Waals surface area contributed by atoms with Crippen molar-refractivity contribution in [2.45, 2.75) is 6.54 Å². The lowest BCUT2D eigenvalue weighted by Crippen LogP contribution is -1.99. The lowest BCUT2D eigenvalue weighted by molar-refractivity contribution is 1.06. The van der Waals surface area contributed by atoms with E-state index in [-0.39, 0.29) is 0 Å². The summed E-state index contributed by atoms with van der Waals surface area (Å²) in [5.74, 6) is 0.904. The first-order valence-electron chi connectivity index (χ1n) is 9.39. The van der Waals surface area contributed by atoms with Gasteiger partial charge in [0.05, 0.1) is 23.3 Å². The number of hydrogen-bond donors (Lipinski definition) is 0. The number of rotatable bonds is 4. The van der Waals surface area contributed by atoms with E-state index in [1.807, 2.05) is 42.6 Å². The molecule has 3 nitrogen and oxygen atoms in total. The summed E-state index contributed by atoms with van der Waals surface area (Å²) in [5, 5.41) is 2.48. The minimum Gasteiger partial charge on any atom is -0.294 e. The van der Waals surface area contributed by atoms with Crippen LogP contribution in [0.5, 0.6) is 0 Å². The third-order valence-electron chi connectivity index (χ3n) is 4.91. The summed E-state index contributed by atoms with van der Waals surface area (Å²) in [6.45, 7) is 0.655. The number of para-hydroxylation sites is 2. The maximum Gasteiger partial charge on any atom is 0.138 e. The highest BCUT2D eigenvalue weighted by Gasteiger charge is 2.11. The van der Waals surface area contributed by atoms with E-state index in [2.05, 4.69) is 70.2 Å². The van der Waals surface area contributed by atoms with Crippen LogP contribution in [0.25, 0.3) is 27.6 Å². The fourth-order valence-corrected chi connectivity index (χ4v) is 3.63. The van der Waals surface area contributed by atoms with Gasteiger partial charge < -0.3 is 0 Å². The second kappa shape index (κ2) is 7.12. The second-order valence-electron chi connectivity index (χ2n) is 6.75. The smallest absolute Gasteiger partial charge is 0.138 e. The number of nitrogens with zero attached hydrogens (tertiary/aromatic N) is 3. The Morgan fingerprint density at radius 2 is 1.32 bits per heavy atom. The maximum atomic E-state index is 4.86. The Morgan fingerprint density at radius 1 is 0.679 bits per heavy atom. The van der Waals surface area contributed by atoms with Gasteiger partial charge >= 0.3 is 0 Å². The highest BCUT2D eigenvalue weighted by Crippen LogP contribution is 2.30. The van der Waals surface area contributed by atoms with Gasteiger partial charge in [0.15, 0.2) is 0 Å². The molecule has 134 valence electrons. The van der Waals surface area contributed by atoms with Gasteiger partial charge in [-0.05, 0) is 29.8 Å². The van der Waals surface area contributed by atoms with Gasteiger partial charge in [-0.2, -0.15) is 0 Å². The van der Waals surface area contributed by atoms with Crippen molar-refractivity contribution in [3.63, 3.8) is 0 Å². The predicted octanol–water partition coefficient (Wildman–Crippen LogP) is 5.80. The zero-order valence-corrected chi connectivity index (χ0v) is 15.4. The minimum absolute atomic E-state index is 0.655. The van der Waals surface area contributed by atoms with Gasteiger partial charge in [0.25, 0.3) is 0 Å². The first-order valence-corrected chi connectivity index (χ1v) is 9.39. The van der Waals surface area contributed by atoms with Crippen LogP contribution >= 0.6 is 0 Å². The van der Waals surface area contributed by atoms with Crippen molar-refractivity contribution in [3.05, 3.63) is 108 Å². The molecule has 5 rings (SSSR count). The van der Waals surface area contributed by atoms with Crippen molar-refractivity contribution in [2.24, 2.45) is 4.99 Å². The molecule has 0 atom stereocenters. The van der Waals surface area contributed by atoms with E-state index >= 15 is 0 Å². The number of aromatic nitrogens is 2. The Bertz CT molecular complexity index is 1230. The van der Waals surface area contributed by atoms with E-state index in [4.69, 9.17) is 4.98 Å². The molecule has 2 aromatic heterocycles. The predicted molar refractivity (Wildman–Crippen MR) is 116 cm³/mol. The van der Waals surface area contributed by atoms with Crippen LogP contribution in [-0.4, -0.2) is 15.8 Å². The molecule has 0 saturated heterocycles. The fraction of sp³-hybridized carbons (Fsp3) is 0.0400. The molecule has 0 aliphatic rings. The minimum atomic E-state index is 0.655. The molecule has 2 heterocycles. The number of benzene rings is 3. The van der Waals surface area contributed by atoms with Crippen LogP contribution < -0.4 is 0 Å². The summed E-state index contributed by atoms with van der Waals surface area (Å²) in [7, 11) is 0. The Labute approximate surface area is 163 Å². The van der Waals surface area contributed by atoms with Crippen LogP contribution in [-0.2, 0) is 6.54 Å². The Kier molecular flexibility index (Phi) is 4.19. The second-order valence-corrected chi connectivity index (χ2v) is 6.75. The SMILES string of the molecule is C(=N\Cc1ccccc1)/c1cccc(-n2c3ccccc3c3ccccc32)n1. The molecule has 0 fully saturated rings. The normalized spacial score (nSPS) is 11.6. The van der Waals surface area contributed by atoms with Crippen molar-refractivity contribution in [1.82, 2.24) is 9.55 Å². The van der Waals surface area contributed by atoms with Crippen molar-refractivity contribution >= 4 is 28.0 Å². The van der Waals surface area contributed by atoms with Gasteiger partial charge in [-0.3, -0.25) is 9.56 Å². The van der Waals surface area contributed by atoms with Crippen LogP contribution in [0.3, 0.4) is 0 Å². The summed E-state index contributed by atoms with van der Waals surface area (Å²) in [6, 6.07) is 33.3. The van der Waals surface area contributed by atoms with Crippen molar-refractivity contribution < 1.29 is 0 Å². The van der Waals surface area contributed by atoms with Gasteiger partial charge in [-0.15, -0.1) is 0 Å². The largest absolute Gasteiger partial charge is 0.294 e. The number of aliphatic imine (C=N–C) groups is 1. The molecule has 0 unspecified atom stereocenters. The van der Waals surface area contributed by atoms with Gasteiger partial charge in [0.2, 0.25) is 0 Å². The van der Waals surface area contributed by atoms with Crippen LogP contribution in [0.2, 0.25) is 0 Å². The molecule has 3 heteroatoms. The molecule has 0 aliphatic heterocycles. The highest BCUT2D eigenvalue weighted by atomic mass is 15.1. The van der Waals surface area contributed by atoms with E-state index in [1.54, 1.807) is 0 Å². The van der Waals surface area contributed by atoms with Gasteiger partial charge in [0.1, 0.15) is 5.82 Å². The molecule has 0 aliphatic carbocycles. The van der Waals surface area contributed by atoms with Crippen LogP contribution in [0.1, 0.15) is 11.3 Å². The Balaban J connectivity index is 1.56. The van der Waals surface area contributed by atoms with Gasteiger partial charge in [-0.25, -0.2) is 4.98 Å². The van der Waals surface area contributed by atoms with Gasteiger partial charge in [-0.1, -0.05) is 72.8 Å². The van der Waals surface area contributed by atoms with Crippen LogP contribution in [0, 0.1) is 0 Å². The Hall–Kier alpha value is -3.72. The first kappa shape index (κ1) is 16.5. The first-order chi connectivity index (χ1) is 13.9.